The Morgan fingerprint density at radius 1 is 1.24 bits per heavy atom. The van der Waals surface area contributed by atoms with Gasteiger partial charge < -0.3 is 10.0 Å². The molecule has 0 bridgehead atoms. The maximum atomic E-state index is 10.9. The van der Waals surface area contributed by atoms with E-state index in [-0.39, 0.29) is 0 Å². The number of hydrogen-bond acceptors (Lipinski definition) is 4. The monoisotopic (exact) mass is 283 g/mol. The fourth-order valence-electron chi connectivity index (χ4n) is 2.77. The largest absolute Gasteiger partial charge is 0.478 e. The molecule has 0 saturated carbocycles. The van der Waals surface area contributed by atoms with Gasteiger partial charge in [-0.3, -0.25) is 0 Å². The first-order valence-corrected chi connectivity index (χ1v) is 7.01. The lowest BCUT2D eigenvalue weighted by molar-refractivity contribution is 0.0697. The Bertz CT molecular complexity index is 668. The summed E-state index contributed by atoms with van der Waals surface area (Å²) in [6.07, 6.45) is 4.84. The number of hydrogen-bond donors (Lipinski definition) is 1. The summed E-state index contributed by atoms with van der Waals surface area (Å²) in [7, 11) is 2.01. The van der Waals surface area contributed by atoms with Gasteiger partial charge in [-0.05, 0) is 37.0 Å². The molecule has 0 fully saturated rings. The smallest absolute Gasteiger partial charge is 0.335 e. The Morgan fingerprint density at radius 3 is 2.71 bits per heavy atom. The Balaban J connectivity index is 1.79. The lowest BCUT2D eigenvalue weighted by Crippen LogP contribution is -2.19. The van der Waals surface area contributed by atoms with Crippen LogP contribution in [-0.4, -0.2) is 28.1 Å². The quantitative estimate of drug-likeness (QED) is 0.932. The zero-order valence-corrected chi connectivity index (χ0v) is 11.9. The van der Waals surface area contributed by atoms with E-state index in [9.17, 15) is 4.79 Å². The van der Waals surface area contributed by atoms with Crippen LogP contribution in [0.25, 0.3) is 0 Å². The molecular formula is C16H17N3O2. The van der Waals surface area contributed by atoms with Gasteiger partial charge in [0, 0.05) is 24.8 Å². The van der Waals surface area contributed by atoms with Crippen molar-refractivity contribution in [2.24, 2.45) is 0 Å². The van der Waals surface area contributed by atoms with Crippen molar-refractivity contribution in [3.63, 3.8) is 0 Å². The lowest BCUT2D eigenvalue weighted by atomic mass is 10.1. The van der Waals surface area contributed by atoms with Crippen molar-refractivity contribution in [1.82, 2.24) is 9.97 Å². The van der Waals surface area contributed by atoms with Crippen LogP contribution in [0.4, 0.5) is 5.82 Å². The van der Waals surface area contributed by atoms with Gasteiger partial charge in [0.25, 0.3) is 0 Å². The first kappa shape index (κ1) is 13.5. The summed E-state index contributed by atoms with van der Waals surface area (Å²) >= 11 is 0. The maximum absolute atomic E-state index is 10.9. The van der Waals surface area contributed by atoms with Crippen LogP contribution >= 0.6 is 0 Å². The van der Waals surface area contributed by atoms with Gasteiger partial charge in [0.2, 0.25) is 0 Å². The van der Waals surface area contributed by atoms with Crippen molar-refractivity contribution < 1.29 is 9.90 Å². The standard InChI is InChI=1S/C16H17N3O2/c1-19(9-11-5-7-12(8-6-11)16(20)21)15-13-3-2-4-14(13)17-10-18-15/h5-8,10H,2-4,9H2,1H3,(H,20,21). The average Bonchev–Trinajstić information content (AvgIpc) is 2.96. The second kappa shape index (κ2) is 5.52. The number of aromatic nitrogens is 2. The number of fused-ring (bicyclic) bond motifs is 1. The minimum Gasteiger partial charge on any atom is -0.478 e. The van der Waals surface area contributed by atoms with Crippen LogP contribution in [0.5, 0.6) is 0 Å². The minimum atomic E-state index is -0.900. The van der Waals surface area contributed by atoms with Crippen LogP contribution < -0.4 is 4.90 Å². The molecule has 0 aliphatic heterocycles. The van der Waals surface area contributed by atoms with E-state index in [1.807, 2.05) is 19.2 Å². The zero-order valence-electron chi connectivity index (χ0n) is 11.9. The molecule has 1 aromatic heterocycles. The highest BCUT2D eigenvalue weighted by molar-refractivity contribution is 5.87. The van der Waals surface area contributed by atoms with Gasteiger partial charge in [0.1, 0.15) is 12.1 Å². The summed E-state index contributed by atoms with van der Waals surface area (Å²) in [4.78, 5) is 21.7. The maximum Gasteiger partial charge on any atom is 0.335 e. The van der Waals surface area contributed by atoms with Crippen molar-refractivity contribution in [2.75, 3.05) is 11.9 Å². The molecule has 0 radical (unpaired) electrons. The number of carboxylic acids is 1. The Hall–Kier alpha value is -2.43. The van der Waals surface area contributed by atoms with Crippen molar-refractivity contribution in [2.45, 2.75) is 25.8 Å². The molecule has 3 rings (SSSR count). The predicted octanol–water partition coefficient (Wildman–Crippen LogP) is 2.30. The Kier molecular flexibility index (Phi) is 3.56. The van der Waals surface area contributed by atoms with Gasteiger partial charge in [0.15, 0.2) is 0 Å². The van der Waals surface area contributed by atoms with Crippen LogP contribution in [0.1, 0.15) is 33.6 Å². The van der Waals surface area contributed by atoms with E-state index in [2.05, 4.69) is 14.9 Å². The third-order valence-electron chi connectivity index (χ3n) is 3.83. The highest BCUT2D eigenvalue weighted by atomic mass is 16.4. The van der Waals surface area contributed by atoms with Gasteiger partial charge in [-0.2, -0.15) is 0 Å². The van der Waals surface area contributed by atoms with Gasteiger partial charge >= 0.3 is 5.97 Å². The van der Waals surface area contributed by atoms with Gasteiger partial charge in [-0.25, -0.2) is 14.8 Å². The summed E-state index contributed by atoms with van der Waals surface area (Å²) in [5, 5.41) is 8.91. The Labute approximate surface area is 123 Å². The van der Waals surface area contributed by atoms with E-state index in [4.69, 9.17) is 5.11 Å². The van der Waals surface area contributed by atoms with Crippen molar-refractivity contribution >= 4 is 11.8 Å². The number of carboxylic acid groups (broad SMARTS) is 1. The van der Waals surface area contributed by atoms with E-state index in [1.54, 1.807) is 18.5 Å². The number of carbonyl (C=O) groups is 1. The molecule has 1 aromatic carbocycles. The molecule has 1 heterocycles. The van der Waals surface area contributed by atoms with Crippen LogP contribution in [-0.2, 0) is 19.4 Å². The predicted molar refractivity (Wildman–Crippen MR) is 79.6 cm³/mol. The highest BCUT2D eigenvalue weighted by Gasteiger charge is 2.19. The molecule has 0 spiro atoms. The molecule has 1 aliphatic rings. The van der Waals surface area contributed by atoms with E-state index in [0.717, 1.165) is 36.3 Å². The second-order valence-electron chi connectivity index (χ2n) is 5.33. The fraction of sp³-hybridized carbons (Fsp3) is 0.312. The normalized spacial score (nSPS) is 13.0. The second-order valence-corrected chi connectivity index (χ2v) is 5.33. The molecular weight excluding hydrogens is 266 g/mol. The number of aryl methyl sites for hydroxylation is 1. The van der Waals surface area contributed by atoms with Crippen LogP contribution in [0.3, 0.4) is 0 Å². The van der Waals surface area contributed by atoms with Gasteiger partial charge in [-0.1, -0.05) is 12.1 Å². The van der Waals surface area contributed by atoms with Crippen molar-refractivity contribution in [3.05, 3.63) is 53.0 Å². The SMILES string of the molecule is CN(Cc1ccc(C(=O)O)cc1)c1ncnc2c1CCC2. The van der Waals surface area contributed by atoms with Crippen molar-refractivity contribution in [1.29, 1.82) is 0 Å². The first-order chi connectivity index (χ1) is 10.1. The van der Waals surface area contributed by atoms with E-state index >= 15 is 0 Å². The number of aromatic carboxylic acids is 1. The first-order valence-electron chi connectivity index (χ1n) is 7.01. The molecule has 0 amide bonds. The summed E-state index contributed by atoms with van der Waals surface area (Å²) in [5.41, 5.74) is 3.78. The third kappa shape index (κ3) is 2.72. The van der Waals surface area contributed by atoms with Crippen molar-refractivity contribution in [3.8, 4) is 0 Å². The molecule has 5 nitrogen and oxygen atoms in total. The molecule has 1 N–H and O–H groups in total. The average molecular weight is 283 g/mol. The number of nitrogens with zero attached hydrogens (tertiary/aromatic N) is 3. The Morgan fingerprint density at radius 2 is 2.00 bits per heavy atom. The fourth-order valence-corrected chi connectivity index (χ4v) is 2.77. The number of benzene rings is 1. The third-order valence-corrected chi connectivity index (χ3v) is 3.83. The number of anilines is 1. The summed E-state index contributed by atoms with van der Waals surface area (Å²) < 4.78 is 0. The van der Waals surface area contributed by atoms with Crippen LogP contribution in [0.15, 0.2) is 30.6 Å². The van der Waals surface area contributed by atoms with Gasteiger partial charge in [0.05, 0.1) is 5.56 Å². The van der Waals surface area contributed by atoms with E-state index in [0.29, 0.717) is 12.1 Å². The lowest BCUT2D eigenvalue weighted by Gasteiger charge is -2.20. The van der Waals surface area contributed by atoms with Crippen LogP contribution in [0.2, 0.25) is 0 Å². The van der Waals surface area contributed by atoms with E-state index < -0.39 is 5.97 Å². The molecule has 5 heteroatoms. The molecule has 21 heavy (non-hydrogen) atoms. The molecule has 1 aliphatic carbocycles. The number of rotatable bonds is 4. The van der Waals surface area contributed by atoms with Gasteiger partial charge in [-0.15, -0.1) is 0 Å². The van der Waals surface area contributed by atoms with Crippen LogP contribution in [0, 0.1) is 0 Å². The molecule has 108 valence electrons. The molecule has 0 unspecified atom stereocenters. The molecule has 0 atom stereocenters. The summed E-state index contributed by atoms with van der Waals surface area (Å²) in [6.45, 7) is 0.698. The molecule has 0 saturated heterocycles. The summed E-state index contributed by atoms with van der Waals surface area (Å²) in [6, 6.07) is 6.97. The summed E-state index contributed by atoms with van der Waals surface area (Å²) in [5.74, 6) is 0.0864. The zero-order chi connectivity index (χ0) is 14.8. The highest BCUT2D eigenvalue weighted by Crippen LogP contribution is 2.27. The van der Waals surface area contributed by atoms with E-state index in [1.165, 1.54) is 5.56 Å². The minimum absolute atomic E-state index is 0.310. The molecule has 2 aromatic rings. The topological polar surface area (TPSA) is 66.3 Å².